The Hall–Kier alpha value is -1.87. The van der Waals surface area contributed by atoms with Gasteiger partial charge in [0.15, 0.2) is 5.16 Å². The molecular weight excluding hydrogens is 408 g/mol. The quantitative estimate of drug-likeness (QED) is 0.563. The van der Waals surface area contributed by atoms with Gasteiger partial charge in [-0.2, -0.15) is 0 Å². The Morgan fingerprint density at radius 1 is 1.40 bits per heavy atom. The number of hydrogen-bond donors (Lipinski definition) is 2. The number of amides is 3. The average Bonchev–Trinajstić information content (AvgIpc) is 2.52. The van der Waals surface area contributed by atoms with Gasteiger partial charge in [0.1, 0.15) is 0 Å². The lowest BCUT2D eigenvalue weighted by atomic mass is 10.1. The number of nitrogens with two attached hydrogens (primary N) is 1. The minimum absolute atomic E-state index is 0.0906. The number of primary amides is 1. The predicted octanol–water partition coefficient (Wildman–Crippen LogP) is 2.49. The summed E-state index contributed by atoms with van der Waals surface area (Å²) in [5.41, 5.74) is 5.42. The van der Waals surface area contributed by atoms with Crippen molar-refractivity contribution in [1.29, 1.82) is 0 Å². The fourth-order valence-electron chi connectivity index (χ4n) is 2.34. The van der Waals surface area contributed by atoms with Crippen LogP contribution in [0.3, 0.4) is 0 Å². The standard InChI is InChI=1S/C16H19BrN4O3S/c1-4-21-14(23)10-7-9(17)5-6-11(10)19-16(21)25-12(8(2)3)13(22)20-15(18)24/h5-8,12H,4H2,1-3H3,(H3,18,20,22,24). The molecule has 0 aliphatic heterocycles. The lowest BCUT2D eigenvalue weighted by Crippen LogP contribution is -2.42. The number of urea groups is 1. The van der Waals surface area contributed by atoms with Gasteiger partial charge in [-0.3, -0.25) is 19.5 Å². The zero-order valence-electron chi connectivity index (χ0n) is 14.1. The number of thioether (sulfide) groups is 1. The Kier molecular flexibility index (Phi) is 6.23. The molecule has 3 amide bonds. The number of nitrogens with zero attached hydrogens (tertiary/aromatic N) is 2. The van der Waals surface area contributed by atoms with Crippen molar-refractivity contribution >= 4 is 50.5 Å². The predicted molar refractivity (Wildman–Crippen MR) is 102 cm³/mol. The van der Waals surface area contributed by atoms with Crippen LogP contribution in [0.25, 0.3) is 10.9 Å². The van der Waals surface area contributed by atoms with Gasteiger partial charge in [-0.1, -0.05) is 41.5 Å². The van der Waals surface area contributed by atoms with Gasteiger partial charge in [0.25, 0.3) is 5.56 Å². The van der Waals surface area contributed by atoms with Crippen LogP contribution < -0.4 is 16.6 Å². The molecule has 0 aliphatic carbocycles. The molecule has 1 aromatic heterocycles. The summed E-state index contributed by atoms with van der Waals surface area (Å²) in [5, 5.41) is 2.43. The first kappa shape index (κ1) is 19.5. The second kappa shape index (κ2) is 8.01. The molecule has 1 unspecified atom stereocenters. The molecule has 1 heterocycles. The summed E-state index contributed by atoms with van der Waals surface area (Å²) in [6.45, 7) is 5.96. The van der Waals surface area contributed by atoms with Crippen LogP contribution in [0.5, 0.6) is 0 Å². The van der Waals surface area contributed by atoms with E-state index < -0.39 is 17.2 Å². The lowest BCUT2D eigenvalue weighted by molar-refractivity contribution is -0.120. The molecule has 1 aromatic carbocycles. The van der Waals surface area contributed by atoms with Crippen molar-refractivity contribution in [2.75, 3.05) is 0 Å². The highest BCUT2D eigenvalue weighted by atomic mass is 79.9. The average molecular weight is 427 g/mol. The summed E-state index contributed by atoms with van der Waals surface area (Å²) < 4.78 is 2.31. The van der Waals surface area contributed by atoms with Crippen LogP contribution in [0.15, 0.2) is 32.6 Å². The van der Waals surface area contributed by atoms with Gasteiger partial charge in [-0.15, -0.1) is 0 Å². The molecule has 0 saturated carbocycles. The van der Waals surface area contributed by atoms with Crippen LogP contribution >= 0.6 is 27.7 Å². The van der Waals surface area contributed by atoms with E-state index >= 15 is 0 Å². The number of imide groups is 1. The molecule has 0 bridgehead atoms. The number of nitrogens with one attached hydrogen (secondary N) is 1. The Balaban J connectivity index is 2.51. The molecule has 2 aromatic rings. The van der Waals surface area contributed by atoms with E-state index in [1.54, 1.807) is 18.2 Å². The van der Waals surface area contributed by atoms with Crippen molar-refractivity contribution in [1.82, 2.24) is 14.9 Å². The Morgan fingerprint density at radius 3 is 2.64 bits per heavy atom. The number of hydrogen-bond acceptors (Lipinski definition) is 5. The number of carbonyl (C=O) groups excluding carboxylic acids is 2. The van der Waals surface area contributed by atoms with E-state index in [2.05, 4.69) is 26.2 Å². The van der Waals surface area contributed by atoms with Gasteiger partial charge in [0, 0.05) is 11.0 Å². The van der Waals surface area contributed by atoms with Gasteiger partial charge in [-0.05, 0) is 31.0 Å². The molecule has 134 valence electrons. The van der Waals surface area contributed by atoms with Gasteiger partial charge in [0.05, 0.1) is 16.2 Å². The second-order valence-corrected chi connectivity index (χ2v) is 7.77. The molecule has 0 saturated heterocycles. The van der Waals surface area contributed by atoms with Crippen LogP contribution in [0, 0.1) is 5.92 Å². The summed E-state index contributed by atoms with van der Waals surface area (Å²) in [7, 11) is 0. The van der Waals surface area contributed by atoms with Crippen molar-refractivity contribution in [3.05, 3.63) is 33.0 Å². The second-order valence-electron chi connectivity index (χ2n) is 5.74. The largest absolute Gasteiger partial charge is 0.351 e. The third-order valence-corrected chi connectivity index (χ3v) is 5.57. The van der Waals surface area contributed by atoms with E-state index in [0.29, 0.717) is 22.6 Å². The molecule has 2 rings (SSSR count). The highest BCUT2D eigenvalue weighted by molar-refractivity contribution is 9.10. The summed E-state index contributed by atoms with van der Waals surface area (Å²) in [5.74, 6) is -0.590. The van der Waals surface area contributed by atoms with Crippen LogP contribution in [0.4, 0.5) is 4.79 Å². The van der Waals surface area contributed by atoms with Gasteiger partial charge >= 0.3 is 6.03 Å². The maximum Gasteiger partial charge on any atom is 0.318 e. The van der Waals surface area contributed by atoms with Crippen molar-refractivity contribution in [2.24, 2.45) is 11.7 Å². The highest BCUT2D eigenvalue weighted by Gasteiger charge is 2.27. The summed E-state index contributed by atoms with van der Waals surface area (Å²) in [6, 6.07) is 4.38. The first-order valence-corrected chi connectivity index (χ1v) is 9.39. The van der Waals surface area contributed by atoms with Crippen molar-refractivity contribution in [3.8, 4) is 0 Å². The van der Waals surface area contributed by atoms with Crippen molar-refractivity contribution < 1.29 is 9.59 Å². The third-order valence-electron chi connectivity index (χ3n) is 3.54. The molecule has 1 atom stereocenters. The van der Waals surface area contributed by atoms with E-state index in [1.807, 2.05) is 20.8 Å². The molecule has 0 radical (unpaired) electrons. The Morgan fingerprint density at radius 2 is 2.08 bits per heavy atom. The number of halogens is 1. The van der Waals surface area contributed by atoms with E-state index in [1.165, 1.54) is 4.57 Å². The maximum atomic E-state index is 12.7. The topological polar surface area (TPSA) is 107 Å². The fourth-order valence-corrected chi connectivity index (χ4v) is 3.86. The minimum Gasteiger partial charge on any atom is -0.351 e. The van der Waals surface area contributed by atoms with Crippen LogP contribution in [0.2, 0.25) is 0 Å². The van der Waals surface area contributed by atoms with Crippen LogP contribution in [-0.2, 0) is 11.3 Å². The van der Waals surface area contributed by atoms with Crippen molar-refractivity contribution in [2.45, 2.75) is 37.7 Å². The van der Waals surface area contributed by atoms with E-state index in [9.17, 15) is 14.4 Å². The monoisotopic (exact) mass is 426 g/mol. The van der Waals surface area contributed by atoms with E-state index in [4.69, 9.17) is 5.73 Å². The summed E-state index contributed by atoms with van der Waals surface area (Å²) >= 11 is 4.51. The highest BCUT2D eigenvalue weighted by Crippen LogP contribution is 2.28. The molecule has 3 N–H and O–H groups in total. The zero-order valence-corrected chi connectivity index (χ0v) is 16.5. The molecule has 25 heavy (non-hydrogen) atoms. The van der Waals surface area contributed by atoms with E-state index in [0.717, 1.165) is 16.2 Å². The van der Waals surface area contributed by atoms with Crippen LogP contribution in [0.1, 0.15) is 20.8 Å². The zero-order chi connectivity index (χ0) is 18.7. The first-order valence-electron chi connectivity index (χ1n) is 7.71. The summed E-state index contributed by atoms with van der Waals surface area (Å²) in [4.78, 5) is 40.5. The van der Waals surface area contributed by atoms with Gasteiger partial charge in [0.2, 0.25) is 5.91 Å². The Labute approximate surface area is 157 Å². The number of fused-ring (bicyclic) bond motifs is 1. The molecule has 9 heteroatoms. The normalized spacial score (nSPS) is 12.4. The van der Waals surface area contributed by atoms with Gasteiger partial charge < -0.3 is 5.73 Å². The maximum absolute atomic E-state index is 12.7. The summed E-state index contributed by atoms with van der Waals surface area (Å²) in [6.07, 6.45) is 0. The van der Waals surface area contributed by atoms with Gasteiger partial charge in [-0.25, -0.2) is 9.78 Å². The van der Waals surface area contributed by atoms with E-state index in [-0.39, 0.29) is 11.5 Å². The molecule has 0 aliphatic rings. The molecule has 7 nitrogen and oxygen atoms in total. The SMILES string of the molecule is CCn1c(SC(C(=O)NC(N)=O)C(C)C)nc2ccc(Br)cc2c1=O. The molecule has 0 fully saturated rings. The number of aromatic nitrogens is 2. The lowest BCUT2D eigenvalue weighted by Gasteiger charge is -2.20. The molecular formula is C16H19BrN4O3S. The number of benzene rings is 1. The Bertz CT molecular complexity index is 882. The minimum atomic E-state index is -0.902. The number of carbonyl (C=O) groups is 2. The fraction of sp³-hybridized carbons (Fsp3) is 0.375. The smallest absolute Gasteiger partial charge is 0.318 e. The first-order chi connectivity index (χ1) is 11.7. The molecule has 0 spiro atoms. The number of rotatable bonds is 5. The van der Waals surface area contributed by atoms with Crippen LogP contribution in [-0.4, -0.2) is 26.7 Å². The van der Waals surface area contributed by atoms with Crippen molar-refractivity contribution in [3.63, 3.8) is 0 Å². The third kappa shape index (κ3) is 4.40.